The van der Waals surface area contributed by atoms with Crippen LogP contribution in [0, 0.1) is 6.92 Å². The monoisotopic (exact) mass is 524 g/mol. The average Bonchev–Trinajstić information content (AvgIpc) is 3.23. The Morgan fingerprint density at radius 2 is 1.82 bits per heavy atom. The molecule has 1 heterocycles. The van der Waals surface area contributed by atoms with Crippen LogP contribution in [0.5, 0.6) is 5.75 Å². The first-order valence-electron chi connectivity index (χ1n) is 10.4. The summed E-state index contributed by atoms with van der Waals surface area (Å²) in [5.41, 5.74) is 5.53. The number of halogens is 2. The third kappa shape index (κ3) is 5.64. The summed E-state index contributed by atoms with van der Waals surface area (Å²) >= 11 is 9.68. The predicted molar refractivity (Wildman–Crippen MR) is 134 cm³/mol. The van der Waals surface area contributed by atoms with Gasteiger partial charge in [0, 0.05) is 21.6 Å². The van der Waals surface area contributed by atoms with Gasteiger partial charge >= 0.3 is 5.97 Å². The molecule has 1 N–H and O–H groups in total. The Morgan fingerprint density at radius 1 is 1.09 bits per heavy atom. The van der Waals surface area contributed by atoms with Gasteiger partial charge in [0.05, 0.1) is 11.4 Å². The van der Waals surface area contributed by atoms with Crippen molar-refractivity contribution in [1.82, 2.24) is 9.78 Å². The van der Waals surface area contributed by atoms with Crippen LogP contribution < -0.4 is 4.74 Å². The summed E-state index contributed by atoms with van der Waals surface area (Å²) in [7, 11) is 0. The van der Waals surface area contributed by atoms with Gasteiger partial charge in [0.25, 0.3) is 0 Å². The molecule has 0 radical (unpaired) electrons. The second kappa shape index (κ2) is 10.2. The predicted octanol–water partition coefficient (Wildman–Crippen LogP) is 6.65. The quantitative estimate of drug-likeness (QED) is 0.280. The number of aryl methyl sites for hydroxylation is 3. The number of hydrogen-bond acceptors (Lipinski definition) is 3. The van der Waals surface area contributed by atoms with Crippen molar-refractivity contribution in [3.8, 4) is 28.3 Å². The molecular formula is C26H22BrClN2O3. The van der Waals surface area contributed by atoms with E-state index in [-0.39, 0.29) is 0 Å². The Morgan fingerprint density at radius 3 is 2.52 bits per heavy atom. The van der Waals surface area contributed by atoms with Crippen molar-refractivity contribution in [2.45, 2.75) is 19.9 Å². The minimum absolute atomic E-state index is 0.424. The summed E-state index contributed by atoms with van der Waals surface area (Å²) in [6.07, 6.45) is 0.822. The highest BCUT2D eigenvalue weighted by molar-refractivity contribution is 9.10. The zero-order valence-corrected chi connectivity index (χ0v) is 20.3. The van der Waals surface area contributed by atoms with Crippen molar-refractivity contribution in [3.05, 3.63) is 93.4 Å². The van der Waals surface area contributed by atoms with Crippen LogP contribution in [0.4, 0.5) is 0 Å². The lowest BCUT2D eigenvalue weighted by Gasteiger charge is -2.11. The molecule has 0 spiro atoms. The van der Waals surface area contributed by atoms with E-state index in [2.05, 4.69) is 28.1 Å². The molecule has 4 rings (SSSR count). The van der Waals surface area contributed by atoms with Crippen molar-refractivity contribution >= 4 is 33.5 Å². The lowest BCUT2D eigenvalue weighted by atomic mass is 10.1. The fourth-order valence-electron chi connectivity index (χ4n) is 3.57. The van der Waals surface area contributed by atoms with E-state index >= 15 is 0 Å². The Labute approximate surface area is 205 Å². The van der Waals surface area contributed by atoms with Crippen LogP contribution >= 0.6 is 27.5 Å². The molecule has 0 aliphatic heterocycles. The van der Waals surface area contributed by atoms with E-state index in [0.29, 0.717) is 23.0 Å². The standard InChI is InChI=1S/C26H22BrClN2O3/c1-17-13-25(33-16-26(31)32)21(14-22(17)27)23-15-24(19-7-9-20(28)10-8-19)30(29-23)12-11-18-5-3-2-4-6-18/h2-10,13-15H,11-12,16H2,1H3,(H,31,32). The highest BCUT2D eigenvalue weighted by Crippen LogP contribution is 2.36. The number of carboxylic acids is 1. The Kier molecular flexibility index (Phi) is 7.16. The number of carbonyl (C=O) groups is 1. The number of benzene rings is 3. The molecule has 3 aromatic carbocycles. The molecule has 0 saturated carbocycles. The van der Waals surface area contributed by atoms with Gasteiger partial charge in [-0.3, -0.25) is 4.68 Å². The maximum atomic E-state index is 11.1. The topological polar surface area (TPSA) is 64.3 Å². The fourth-order valence-corrected chi connectivity index (χ4v) is 4.04. The Balaban J connectivity index is 1.77. The number of rotatable bonds is 8. The first kappa shape index (κ1) is 23.1. The summed E-state index contributed by atoms with van der Waals surface area (Å²) in [6.45, 7) is 2.19. The number of aromatic nitrogens is 2. The lowest BCUT2D eigenvalue weighted by molar-refractivity contribution is -0.139. The molecule has 0 amide bonds. The highest BCUT2D eigenvalue weighted by Gasteiger charge is 2.17. The second-order valence-corrected chi connectivity index (χ2v) is 8.95. The SMILES string of the molecule is Cc1cc(OCC(=O)O)c(-c2cc(-c3ccc(Cl)cc3)n(CCc3ccccc3)n2)cc1Br. The van der Waals surface area contributed by atoms with Gasteiger partial charge in [0.15, 0.2) is 6.61 Å². The van der Waals surface area contributed by atoms with E-state index in [1.807, 2.05) is 72.3 Å². The summed E-state index contributed by atoms with van der Waals surface area (Å²) in [6, 6.07) is 23.6. The summed E-state index contributed by atoms with van der Waals surface area (Å²) in [4.78, 5) is 11.1. The number of ether oxygens (including phenoxy) is 1. The Bertz CT molecular complexity index is 1270. The van der Waals surface area contributed by atoms with Gasteiger partial charge in [-0.05, 0) is 60.4 Å². The van der Waals surface area contributed by atoms with Gasteiger partial charge in [-0.2, -0.15) is 5.10 Å². The van der Waals surface area contributed by atoms with Crippen LogP contribution in [0.15, 0.2) is 77.3 Å². The smallest absolute Gasteiger partial charge is 0.341 e. The van der Waals surface area contributed by atoms with Gasteiger partial charge in [0.1, 0.15) is 5.75 Å². The van der Waals surface area contributed by atoms with Crippen LogP contribution in [0.3, 0.4) is 0 Å². The van der Waals surface area contributed by atoms with Crippen molar-refractivity contribution in [3.63, 3.8) is 0 Å². The molecule has 0 aliphatic rings. The van der Waals surface area contributed by atoms with E-state index in [9.17, 15) is 4.79 Å². The van der Waals surface area contributed by atoms with Crippen LogP contribution in [0.1, 0.15) is 11.1 Å². The normalized spacial score (nSPS) is 10.9. The van der Waals surface area contributed by atoms with Crippen LogP contribution in [-0.2, 0) is 17.8 Å². The number of carboxylic acid groups (broad SMARTS) is 1. The largest absolute Gasteiger partial charge is 0.481 e. The van der Waals surface area contributed by atoms with Gasteiger partial charge < -0.3 is 9.84 Å². The molecule has 0 unspecified atom stereocenters. The molecule has 0 fully saturated rings. The first-order valence-corrected chi connectivity index (χ1v) is 11.6. The molecule has 0 aliphatic carbocycles. The molecule has 4 aromatic rings. The van der Waals surface area contributed by atoms with E-state index in [1.165, 1.54) is 5.56 Å². The molecule has 5 nitrogen and oxygen atoms in total. The first-order chi connectivity index (χ1) is 15.9. The van der Waals surface area contributed by atoms with Gasteiger partial charge in [-0.15, -0.1) is 0 Å². The minimum Gasteiger partial charge on any atom is -0.481 e. The molecule has 33 heavy (non-hydrogen) atoms. The van der Waals surface area contributed by atoms with Crippen molar-refractivity contribution < 1.29 is 14.6 Å². The molecule has 168 valence electrons. The van der Waals surface area contributed by atoms with Gasteiger partial charge in [-0.25, -0.2) is 4.79 Å². The maximum Gasteiger partial charge on any atom is 0.341 e. The van der Waals surface area contributed by atoms with E-state index in [4.69, 9.17) is 26.5 Å². The van der Waals surface area contributed by atoms with E-state index in [0.717, 1.165) is 33.3 Å². The van der Waals surface area contributed by atoms with Crippen LogP contribution in [0.2, 0.25) is 5.02 Å². The number of nitrogens with zero attached hydrogens (tertiary/aromatic N) is 2. The van der Waals surface area contributed by atoms with Gasteiger partial charge in [-0.1, -0.05) is 70.0 Å². The van der Waals surface area contributed by atoms with E-state index < -0.39 is 12.6 Å². The number of aliphatic carboxylic acids is 1. The van der Waals surface area contributed by atoms with Gasteiger partial charge in [0.2, 0.25) is 0 Å². The average molecular weight is 526 g/mol. The third-order valence-corrected chi connectivity index (χ3v) is 6.37. The van der Waals surface area contributed by atoms with Crippen molar-refractivity contribution in [2.75, 3.05) is 6.61 Å². The van der Waals surface area contributed by atoms with Crippen molar-refractivity contribution in [1.29, 1.82) is 0 Å². The minimum atomic E-state index is -1.03. The molecular weight excluding hydrogens is 504 g/mol. The highest BCUT2D eigenvalue weighted by atomic mass is 79.9. The zero-order valence-electron chi connectivity index (χ0n) is 18.0. The van der Waals surface area contributed by atoms with E-state index in [1.54, 1.807) is 0 Å². The summed E-state index contributed by atoms with van der Waals surface area (Å²) in [5.74, 6) is -0.551. The lowest BCUT2D eigenvalue weighted by Crippen LogP contribution is -2.10. The molecule has 1 aromatic heterocycles. The molecule has 0 atom stereocenters. The molecule has 7 heteroatoms. The number of hydrogen-bond donors (Lipinski definition) is 1. The van der Waals surface area contributed by atoms with Crippen LogP contribution in [-0.4, -0.2) is 27.5 Å². The molecule has 0 saturated heterocycles. The fraction of sp³-hybridized carbons (Fsp3) is 0.154. The summed E-state index contributed by atoms with van der Waals surface area (Å²) < 4.78 is 8.47. The molecule has 0 bridgehead atoms. The third-order valence-electron chi connectivity index (χ3n) is 5.26. The Hall–Kier alpha value is -3.09. The second-order valence-electron chi connectivity index (χ2n) is 7.66. The summed E-state index contributed by atoms with van der Waals surface area (Å²) in [5, 5.41) is 14.6. The zero-order chi connectivity index (χ0) is 23.4. The maximum absolute atomic E-state index is 11.1. The van der Waals surface area contributed by atoms with Crippen LogP contribution in [0.25, 0.3) is 22.5 Å². The van der Waals surface area contributed by atoms with Crippen molar-refractivity contribution in [2.24, 2.45) is 0 Å².